The van der Waals surface area contributed by atoms with E-state index in [9.17, 15) is 9.59 Å². The van der Waals surface area contributed by atoms with Crippen LogP contribution in [0.1, 0.15) is 191 Å². The Kier molecular flexibility index (Phi) is 27.5. The molecule has 2 amide bonds. The predicted molar refractivity (Wildman–Crippen MR) is 263 cm³/mol. The number of rotatable bonds is 26. The lowest BCUT2D eigenvalue weighted by Crippen LogP contribution is -2.40. The van der Waals surface area contributed by atoms with Crippen molar-refractivity contribution in [3.63, 3.8) is 0 Å². The van der Waals surface area contributed by atoms with E-state index in [-0.39, 0.29) is 30.0 Å². The topological polar surface area (TPSA) is 107 Å². The van der Waals surface area contributed by atoms with E-state index in [0.29, 0.717) is 43.6 Å². The van der Waals surface area contributed by atoms with E-state index in [1.165, 1.54) is 30.4 Å². The van der Waals surface area contributed by atoms with Crippen LogP contribution in [0.5, 0.6) is 0 Å². The van der Waals surface area contributed by atoms with Crippen LogP contribution in [0.15, 0.2) is 78.6 Å². The molecule has 1 heterocycles. The summed E-state index contributed by atoms with van der Waals surface area (Å²) >= 11 is 0. The fourth-order valence-electron chi connectivity index (χ4n) is 6.77. The molecule has 1 aromatic heterocycles. The molecule has 348 valence electrons. The SMILES string of the molecule is C=C(OCC)C(C/C=C\CCCCC)NC(=O)C(C)C[C@H](CC)n1nc(/C(C)=C/C(/C=C\C)CC)c(-c2ccc(C(C)CC)cc2)n1.CCC/C=C(\C)CNC(=O)OC(C)(C)C. The Labute approximate surface area is 378 Å². The zero-order valence-electron chi connectivity index (χ0n) is 41.5. The van der Waals surface area contributed by atoms with Gasteiger partial charge in [0.15, 0.2) is 0 Å². The van der Waals surface area contributed by atoms with Crippen LogP contribution in [-0.2, 0) is 14.3 Å². The van der Waals surface area contributed by atoms with Crippen molar-refractivity contribution in [2.24, 2.45) is 11.8 Å². The molecule has 0 radical (unpaired) electrons. The molecule has 62 heavy (non-hydrogen) atoms. The number of aromatic nitrogens is 3. The third kappa shape index (κ3) is 21.6. The number of amides is 2. The fraction of sp³-hybridized carbons (Fsp3) is 0.623. The van der Waals surface area contributed by atoms with E-state index in [1.807, 2.05) is 46.3 Å². The number of unbranched alkanes of at least 4 members (excludes halogenated alkanes) is 4. The van der Waals surface area contributed by atoms with Crippen molar-refractivity contribution in [3.8, 4) is 11.3 Å². The van der Waals surface area contributed by atoms with Crippen molar-refractivity contribution in [1.82, 2.24) is 25.6 Å². The Morgan fingerprint density at radius 2 is 1.60 bits per heavy atom. The highest BCUT2D eigenvalue weighted by atomic mass is 16.6. The van der Waals surface area contributed by atoms with E-state index in [1.54, 1.807) is 0 Å². The molecule has 5 atom stereocenters. The molecule has 0 fully saturated rings. The first-order valence-corrected chi connectivity index (χ1v) is 23.8. The van der Waals surface area contributed by atoms with Crippen molar-refractivity contribution in [1.29, 1.82) is 0 Å². The monoisotopic (exact) mass is 858 g/mol. The standard InChI is InChI=1S/C41H64N4O2.C12H23NO2/c1-11-17-18-19-20-21-23-38(33(10)47-16-6)42-41(46)32(9)29-37(15-5)45-43-39(31(8)28-34(14-4)22-12-2)40(44-45)36-26-24-35(25-27-36)30(7)13-3;1-6-7-8-10(2)9-13-11(14)15-12(3,4)5/h12,20-22,24-28,30,32,34,37-38H,10-11,13-19,23,29H2,1-9H3,(H,42,46);8H,6-7,9H2,1-5H3,(H,13,14)/b21-20-,22-12-,31-28+;10-8+/t30?,32?,34?,37-,38?;/m0./s1. The summed E-state index contributed by atoms with van der Waals surface area (Å²) in [5.41, 5.74) is 6.04. The Hall–Kier alpha value is -4.40. The third-order valence-electron chi connectivity index (χ3n) is 10.9. The molecule has 2 N–H and O–H groups in total. The zero-order valence-corrected chi connectivity index (χ0v) is 41.5. The maximum Gasteiger partial charge on any atom is 0.407 e. The van der Waals surface area contributed by atoms with Crippen LogP contribution < -0.4 is 10.6 Å². The van der Waals surface area contributed by atoms with Gasteiger partial charge in [-0.15, -0.1) is 0 Å². The molecule has 0 aliphatic rings. The van der Waals surface area contributed by atoms with Crippen LogP contribution in [0, 0.1) is 11.8 Å². The number of nitrogens with one attached hydrogen (secondary N) is 2. The second-order valence-electron chi connectivity index (χ2n) is 17.7. The molecule has 0 spiro atoms. The van der Waals surface area contributed by atoms with Crippen LogP contribution in [0.3, 0.4) is 0 Å². The molecular weight excluding hydrogens is 771 g/mol. The van der Waals surface area contributed by atoms with Gasteiger partial charge in [0.05, 0.1) is 18.7 Å². The van der Waals surface area contributed by atoms with Crippen LogP contribution in [0.2, 0.25) is 0 Å². The van der Waals surface area contributed by atoms with Gasteiger partial charge in [0, 0.05) is 18.0 Å². The molecule has 9 heteroatoms. The summed E-state index contributed by atoms with van der Waals surface area (Å²) in [5, 5.41) is 16.2. The smallest absolute Gasteiger partial charge is 0.407 e. The van der Waals surface area contributed by atoms with Gasteiger partial charge in [-0.05, 0) is 123 Å². The number of hydrogen-bond donors (Lipinski definition) is 2. The number of ether oxygens (including phenoxy) is 2. The van der Waals surface area contributed by atoms with Crippen LogP contribution in [0.25, 0.3) is 16.8 Å². The summed E-state index contributed by atoms with van der Waals surface area (Å²) < 4.78 is 10.8. The molecular formula is C53H87N5O4. The van der Waals surface area contributed by atoms with Crippen molar-refractivity contribution >= 4 is 17.6 Å². The number of allylic oxidation sites excluding steroid dienone is 6. The lowest BCUT2D eigenvalue weighted by Gasteiger charge is -2.24. The van der Waals surface area contributed by atoms with Gasteiger partial charge < -0.3 is 20.1 Å². The van der Waals surface area contributed by atoms with E-state index < -0.39 is 5.60 Å². The van der Waals surface area contributed by atoms with Gasteiger partial charge in [-0.1, -0.05) is 141 Å². The Morgan fingerprint density at radius 3 is 2.16 bits per heavy atom. The Morgan fingerprint density at radius 1 is 0.903 bits per heavy atom. The Balaban J connectivity index is 0.00000108. The molecule has 9 nitrogen and oxygen atoms in total. The van der Waals surface area contributed by atoms with E-state index >= 15 is 0 Å². The molecule has 0 aliphatic heterocycles. The number of carbonyl (C=O) groups is 2. The maximum atomic E-state index is 13.6. The summed E-state index contributed by atoms with van der Waals surface area (Å²) in [7, 11) is 0. The maximum absolute atomic E-state index is 13.6. The van der Waals surface area contributed by atoms with Crippen molar-refractivity contribution in [3.05, 3.63) is 89.9 Å². The molecule has 0 saturated carbocycles. The summed E-state index contributed by atoms with van der Waals surface area (Å²) in [5.74, 6) is 1.20. The van der Waals surface area contributed by atoms with Crippen LogP contribution in [0.4, 0.5) is 4.79 Å². The second-order valence-corrected chi connectivity index (χ2v) is 17.7. The first kappa shape index (κ1) is 55.6. The zero-order chi connectivity index (χ0) is 46.7. The first-order valence-electron chi connectivity index (χ1n) is 23.8. The molecule has 0 bridgehead atoms. The first-order chi connectivity index (χ1) is 29.5. The number of hydrogen-bond acceptors (Lipinski definition) is 6. The van der Waals surface area contributed by atoms with E-state index in [4.69, 9.17) is 19.7 Å². The summed E-state index contributed by atoms with van der Waals surface area (Å²) in [4.78, 5) is 26.7. The number of nitrogens with zero attached hydrogens (tertiary/aromatic N) is 3. The van der Waals surface area contributed by atoms with E-state index in [2.05, 4.69) is 133 Å². The molecule has 1 aromatic carbocycles. The normalized spacial score (nSPS) is 14.7. The lowest BCUT2D eigenvalue weighted by atomic mass is 9.95. The predicted octanol–water partition coefficient (Wildman–Crippen LogP) is 14.3. The minimum absolute atomic E-state index is 0.00450. The fourth-order valence-corrected chi connectivity index (χ4v) is 6.77. The number of benzene rings is 1. The number of carbonyl (C=O) groups excluding carboxylic acids is 2. The highest BCUT2D eigenvalue weighted by Crippen LogP contribution is 2.31. The lowest BCUT2D eigenvalue weighted by molar-refractivity contribution is -0.125. The highest BCUT2D eigenvalue weighted by Gasteiger charge is 2.26. The minimum atomic E-state index is -0.425. The van der Waals surface area contributed by atoms with E-state index in [0.717, 1.165) is 61.0 Å². The van der Waals surface area contributed by atoms with Gasteiger partial charge >= 0.3 is 6.09 Å². The second kappa shape index (κ2) is 30.6. The Bertz CT molecular complexity index is 1710. The molecule has 4 unspecified atom stereocenters. The molecule has 2 aromatic rings. The van der Waals surface area contributed by atoms with Gasteiger partial charge in [-0.25, -0.2) is 4.79 Å². The molecule has 0 saturated heterocycles. The van der Waals surface area contributed by atoms with Gasteiger partial charge in [-0.3, -0.25) is 4.79 Å². The van der Waals surface area contributed by atoms with Gasteiger partial charge in [0.2, 0.25) is 5.91 Å². The summed E-state index contributed by atoms with van der Waals surface area (Å²) in [6.45, 7) is 34.1. The van der Waals surface area contributed by atoms with Gasteiger partial charge in [-0.2, -0.15) is 15.0 Å². The van der Waals surface area contributed by atoms with Crippen LogP contribution in [-0.4, -0.2) is 51.8 Å². The highest BCUT2D eigenvalue weighted by molar-refractivity contribution is 5.79. The average molecular weight is 858 g/mol. The summed E-state index contributed by atoms with van der Waals surface area (Å²) in [6, 6.07) is 8.50. The summed E-state index contributed by atoms with van der Waals surface area (Å²) in [6.07, 6.45) is 23.9. The number of alkyl carbamates (subject to hydrolysis) is 1. The molecule has 0 aliphatic carbocycles. The molecule has 2 rings (SSSR count). The van der Waals surface area contributed by atoms with Gasteiger partial charge in [0.1, 0.15) is 22.7 Å². The quantitative estimate of drug-likeness (QED) is 0.0554. The average Bonchev–Trinajstić information content (AvgIpc) is 3.69. The van der Waals surface area contributed by atoms with Crippen LogP contribution >= 0.6 is 0 Å². The minimum Gasteiger partial charge on any atom is -0.497 e. The van der Waals surface area contributed by atoms with Gasteiger partial charge in [0.25, 0.3) is 0 Å². The largest absolute Gasteiger partial charge is 0.497 e. The van der Waals surface area contributed by atoms with Crippen molar-refractivity contribution in [2.45, 2.75) is 191 Å². The van der Waals surface area contributed by atoms with Crippen molar-refractivity contribution in [2.75, 3.05) is 13.2 Å². The third-order valence-corrected chi connectivity index (χ3v) is 10.9. The van der Waals surface area contributed by atoms with Crippen molar-refractivity contribution < 1.29 is 19.1 Å².